The molecule has 0 unspecified atom stereocenters. The van der Waals surface area contributed by atoms with Gasteiger partial charge < -0.3 is 10.1 Å². The number of thioether (sulfide) groups is 1. The van der Waals surface area contributed by atoms with Crippen LogP contribution in [0.25, 0.3) is 17.1 Å². The van der Waals surface area contributed by atoms with Crippen molar-refractivity contribution in [1.29, 1.82) is 0 Å². The van der Waals surface area contributed by atoms with Gasteiger partial charge in [-0.05, 0) is 46.4 Å². The molecule has 1 amide bonds. The first-order chi connectivity index (χ1) is 19.8. The number of hydrogen-bond donors (Lipinski definition) is 1. The highest BCUT2D eigenvalue weighted by Crippen LogP contribution is 2.31. The summed E-state index contributed by atoms with van der Waals surface area (Å²) < 4.78 is 7.36. The van der Waals surface area contributed by atoms with Crippen LogP contribution in [0.15, 0.2) is 114 Å². The molecular weight excluding hydrogens is 528 g/mol. The molecule has 41 heavy (non-hydrogen) atoms. The van der Waals surface area contributed by atoms with Crippen molar-refractivity contribution < 1.29 is 9.53 Å². The van der Waals surface area contributed by atoms with Crippen LogP contribution in [-0.2, 0) is 10.2 Å². The molecule has 0 aliphatic rings. The number of hydrogen-bond acceptors (Lipinski definition) is 5. The van der Waals surface area contributed by atoms with Gasteiger partial charge in [-0.3, -0.25) is 9.36 Å². The fraction of sp³-hybridized carbons (Fsp3) is 0.206. The third kappa shape index (κ3) is 6.69. The third-order valence-electron chi connectivity index (χ3n) is 6.88. The molecule has 0 aliphatic heterocycles. The molecule has 0 spiro atoms. The van der Waals surface area contributed by atoms with E-state index in [0.29, 0.717) is 11.0 Å². The van der Waals surface area contributed by atoms with Crippen molar-refractivity contribution in [3.63, 3.8) is 0 Å². The number of carbonyl (C=O) groups is 1. The third-order valence-corrected chi connectivity index (χ3v) is 7.81. The van der Waals surface area contributed by atoms with Crippen LogP contribution in [-0.4, -0.2) is 33.5 Å². The molecule has 0 radical (unpaired) electrons. The Bertz CT molecular complexity index is 1540. The van der Waals surface area contributed by atoms with E-state index in [1.807, 2.05) is 89.5 Å². The molecule has 0 fully saturated rings. The van der Waals surface area contributed by atoms with Crippen molar-refractivity contribution in [3.8, 4) is 22.8 Å². The van der Waals surface area contributed by atoms with E-state index in [4.69, 9.17) is 4.74 Å². The first kappa shape index (κ1) is 28.2. The minimum Gasteiger partial charge on any atom is -0.497 e. The lowest BCUT2D eigenvalue weighted by Crippen LogP contribution is -2.30. The molecule has 5 rings (SSSR count). The van der Waals surface area contributed by atoms with Crippen LogP contribution in [0.5, 0.6) is 5.75 Å². The maximum atomic E-state index is 13.3. The van der Waals surface area contributed by atoms with Crippen LogP contribution in [0.4, 0.5) is 0 Å². The summed E-state index contributed by atoms with van der Waals surface area (Å²) in [6.45, 7) is 6.59. The topological polar surface area (TPSA) is 69.0 Å². The summed E-state index contributed by atoms with van der Waals surface area (Å²) in [5.41, 5.74) is 5.19. The summed E-state index contributed by atoms with van der Waals surface area (Å²) in [4.78, 5) is 13.3. The van der Waals surface area contributed by atoms with E-state index in [1.165, 1.54) is 17.3 Å². The first-order valence-electron chi connectivity index (χ1n) is 13.6. The summed E-state index contributed by atoms with van der Waals surface area (Å²) >= 11 is 1.36. The monoisotopic (exact) mass is 562 g/mol. The molecule has 7 heteroatoms. The van der Waals surface area contributed by atoms with E-state index in [9.17, 15) is 4.79 Å². The number of benzene rings is 4. The number of methoxy groups -OCH3 is 1. The zero-order valence-corrected chi connectivity index (χ0v) is 24.6. The molecule has 0 saturated heterocycles. The number of nitrogens with zero attached hydrogens (tertiary/aromatic N) is 3. The Morgan fingerprint density at radius 1 is 0.829 bits per heavy atom. The number of nitrogens with one attached hydrogen (secondary N) is 1. The van der Waals surface area contributed by atoms with Gasteiger partial charge in [0.05, 0.1) is 18.9 Å². The lowest BCUT2D eigenvalue weighted by atomic mass is 9.87. The molecule has 4 aromatic carbocycles. The van der Waals surface area contributed by atoms with E-state index < -0.39 is 0 Å². The standard InChI is InChI=1S/C34H34N4O2S/c1-34(2,3)27-17-15-26(16-18-27)32-36-37-33(38(32)28-19-21-29(40-4)22-20-28)41-23-30(39)35-31(24-11-7-5-8-12-24)25-13-9-6-10-14-25/h5-22,31H,23H2,1-4H3,(H,35,39). The van der Waals surface area contributed by atoms with E-state index in [-0.39, 0.29) is 23.1 Å². The zero-order valence-electron chi connectivity index (χ0n) is 23.7. The zero-order chi connectivity index (χ0) is 28.8. The fourth-order valence-electron chi connectivity index (χ4n) is 4.62. The SMILES string of the molecule is COc1ccc(-n2c(SCC(=O)NC(c3ccccc3)c3ccccc3)nnc2-c2ccc(C(C)(C)C)cc2)cc1. The van der Waals surface area contributed by atoms with E-state index in [1.54, 1.807) is 7.11 Å². The molecule has 1 aromatic heterocycles. The van der Waals surface area contributed by atoms with Gasteiger partial charge in [-0.25, -0.2) is 0 Å². The normalized spacial score (nSPS) is 11.4. The van der Waals surface area contributed by atoms with E-state index >= 15 is 0 Å². The lowest BCUT2D eigenvalue weighted by Gasteiger charge is -2.20. The smallest absolute Gasteiger partial charge is 0.231 e. The second-order valence-corrected chi connectivity index (χ2v) is 11.7. The molecule has 208 valence electrons. The van der Waals surface area contributed by atoms with Crippen molar-refractivity contribution in [1.82, 2.24) is 20.1 Å². The number of aromatic nitrogens is 3. The minimum absolute atomic E-state index is 0.0495. The van der Waals surface area contributed by atoms with E-state index in [0.717, 1.165) is 28.1 Å². The highest BCUT2D eigenvalue weighted by molar-refractivity contribution is 7.99. The Balaban J connectivity index is 1.41. The van der Waals surface area contributed by atoms with Crippen LogP contribution in [0.2, 0.25) is 0 Å². The number of amides is 1. The van der Waals surface area contributed by atoms with Crippen molar-refractivity contribution in [3.05, 3.63) is 126 Å². The summed E-state index contributed by atoms with van der Waals surface area (Å²) in [7, 11) is 1.65. The Morgan fingerprint density at radius 2 is 1.41 bits per heavy atom. The van der Waals surface area contributed by atoms with Crippen LogP contribution in [0.3, 0.4) is 0 Å². The first-order valence-corrected chi connectivity index (χ1v) is 14.5. The van der Waals surface area contributed by atoms with Gasteiger partial charge in [0.15, 0.2) is 11.0 Å². The highest BCUT2D eigenvalue weighted by atomic mass is 32.2. The lowest BCUT2D eigenvalue weighted by molar-refractivity contribution is -0.119. The molecule has 1 N–H and O–H groups in total. The number of ether oxygens (including phenoxy) is 1. The molecule has 6 nitrogen and oxygen atoms in total. The summed E-state index contributed by atoms with van der Waals surface area (Å²) in [6.07, 6.45) is 0. The Labute approximate surface area is 245 Å². The molecular formula is C34H34N4O2S. The maximum absolute atomic E-state index is 13.3. The predicted molar refractivity (Wildman–Crippen MR) is 166 cm³/mol. The molecule has 5 aromatic rings. The Hall–Kier alpha value is -4.36. The van der Waals surface area contributed by atoms with Crippen molar-refractivity contribution >= 4 is 17.7 Å². The van der Waals surface area contributed by atoms with Gasteiger partial charge in [0.1, 0.15) is 5.75 Å². The molecule has 0 atom stereocenters. The van der Waals surface area contributed by atoms with Gasteiger partial charge in [-0.2, -0.15) is 0 Å². The van der Waals surface area contributed by atoms with Crippen LogP contribution >= 0.6 is 11.8 Å². The number of carbonyl (C=O) groups excluding carboxylic acids is 1. The average Bonchev–Trinajstić information content (AvgIpc) is 3.43. The van der Waals surface area contributed by atoms with Gasteiger partial charge in [0.2, 0.25) is 5.91 Å². The molecule has 0 aliphatic carbocycles. The molecule has 0 saturated carbocycles. The van der Waals surface area contributed by atoms with Crippen molar-refractivity contribution in [2.24, 2.45) is 0 Å². The highest BCUT2D eigenvalue weighted by Gasteiger charge is 2.21. The summed E-state index contributed by atoms with van der Waals surface area (Å²) in [6, 6.07) is 36.0. The molecule has 1 heterocycles. The number of rotatable bonds is 9. The quantitative estimate of drug-likeness (QED) is 0.192. The van der Waals surface area contributed by atoms with Crippen LogP contribution < -0.4 is 10.1 Å². The van der Waals surface area contributed by atoms with Crippen molar-refractivity contribution in [2.75, 3.05) is 12.9 Å². The van der Waals surface area contributed by atoms with Crippen LogP contribution in [0.1, 0.15) is 43.5 Å². The van der Waals surface area contributed by atoms with Gasteiger partial charge in [0.25, 0.3) is 0 Å². The summed E-state index contributed by atoms with van der Waals surface area (Å²) in [5.74, 6) is 1.57. The van der Waals surface area contributed by atoms with Gasteiger partial charge in [-0.15, -0.1) is 10.2 Å². The molecule has 0 bridgehead atoms. The van der Waals surface area contributed by atoms with Gasteiger partial charge in [-0.1, -0.05) is 117 Å². The average molecular weight is 563 g/mol. The fourth-order valence-corrected chi connectivity index (χ4v) is 5.38. The van der Waals surface area contributed by atoms with Gasteiger partial charge in [0, 0.05) is 11.3 Å². The largest absolute Gasteiger partial charge is 0.497 e. The summed E-state index contributed by atoms with van der Waals surface area (Å²) in [5, 5.41) is 12.9. The maximum Gasteiger partial charge on any atom is 0.231 e. The van der Waals surface area contributed by atoms with Gasteiger partial charge >= 0.3 is 0 Å². The second-order valence-electron chi connectivity index (χ2n) is 10.8. The van der Waals surface area contributed by atoms with E-state index in [2.05, 4.69) is 60.6 Å². The Kier molecular flexibility index (Phi) is 8.55. The predicted octanol–water partition coefficient (Wildman–Crippen LogP) is 7.24. The Morgan fingerprint density at radius 3 is 1.95 bits per heavy atom. The minimum atomic E-state index is -0.248. The van der Waals surface area contributed by atoms with Crippen molar-refractivity contribution in [2.45, 2.75) is 37.4 Å². The second kappa shape index (κ2) is 12.4. The van der Waals surface area contributed by atoms with Crippen LogP contribution in [0, 0.1) is 0 Å².